The van der Waals surface area contributed by atoms with Crippen LogP contribution in [0.2, 0.25) is 0 Å². The predicted molar refractivity (Wildman–Crippen MR) is 111 cm³/mol. The highest BCUT2D eigenvalue weighted by Crippen LogP contribution is 2.38. The normalized spacial score (nSPS) is 11.3. The fourth-order valence-electron chi connectivity index (χ4n) is 2.79. The van der Waals surface area contributed by atoms with E-state index in [9.17, 15) is 27.9 Å². The Labute approximate surface area is 178 Å². The van der Waals surface area contributed by atoms with Crippen LogP contribution in [0.5, 0.6) is 0 Å². The highest BCUT2D eigenvalue weighted by molar-refractivity contribution is 7.15. The maximum atomic E-state index is 14.4. The summed E-state index contributed by atoms with van der Waals surface area (Å²) in [7, 11) is 0. The summed E-state index contributed by atoms with van der Waals surface area (Å²) >= 11 is 0.806. The van der Waals surface area contributed by atoms with Gasteiger partial charge in [0, 0.05) is 28.6 Å². The molecule has 0 spiro atoms. The van der Waals surface area contributed by atoms with Gasteiger partial charge in [0.25, 0.3) is 5.91 Å². The van der Waals surface area contributed by atoms with Crippen molar-refractivity contribution in [3.8, 4) is 23.6 Å². The van der Waals surface area contributed by atoms with E-state index >= 15 is 0 Å². The number of carbonyl (C=O) groups excluding carboxylic acids is 1. The predicted octanol–water partition coefficient (Wildman–Crippen LogP) is 4.92. The molecule has 2 aromatic heterocycles. The summed E-state index contributed by atoms with van der Waals surface area (Å²) in [6.45, 7) is 2.81. The van der Waals surface area contributed by atoms with E-state index in [4.69, 9.17) is 6.42 Å². The summed E-state index contributed by atoms with van der Waals surface area (Å²) in [6, 6.07) is 5.78. The van der Waals surface area contributed by atoms with Gasteiger partial charge in [0.2, 0.25) is 0 Å². The third kappa shape index (κ3) is 3.95. The van der Waals surface area contributed by atoms with Crippen molar-refractivity contribution in [2.75, 3.05) is 5.32 Å². The number of terminal acetylenes is 1. The molecule has 0 bridgehead atoms. The summed E-state index contributed by atoms with van der Waals surface area (Å²) < 4.78 is 43.1. The molecule has 6 nitrogen and oxygen atoms in total. The minimum atomic E-state index is -1.46. The van der Waals surface area contributed by atoms with Crippen LogP contribution in [0.3, 0.4) is 0 Å². The Hall–Kier alpha value is -3.84. The number of hydrogen-bond acceptors (Lipinski definition) is 4. The number of carbonyl (C=O) groups is 2. The number of anilines is 1. The number of benzene rings is 1. The van der Waals surface area contributed by atoms with E-state index in [0.29, 0.717) is 0 Å². The topological polar surface area (TPSA) is 84.2 Å². The molecule has 31 heavy (non-hydrogen) atoms. The highest BCUT2D eigenvalue weighted by Gasteiger charge is 2.25. The average molecular weight is 445 g/mol. The molecule has 0 aliphatic carbocycles. The van der Waals surface area contributed by atoms with Gasteiger partial charge in [-0.25, -0.2) is 18.0 Å². The Kier molecular flexibility index (Phi) is 5.99. The van der Waals surface area contributed by atoms with E-state index in [1.54, 1.807) is 0 Å². The molecule has 2 heterocycles. The molecule has 0 aliphatic heterocycles. The number of aryl methyl sites for hydroxylation is 1. The molecule has 2 N–H and O–H groups in total. The molecular formula is C21H14F3N3O3S. The molecule has 3 rings (SSSR count). The third-order valence-electron chi connectivity index (χ3n) is 4.36. The summed E-state index contributed by atoms with van der Waals surface area (Å²) in [5.41, 5.74) is -1.10. The summed E-state index contributed by atoms with van der Waals surface area (Å²) in [5, 5.41) is 16.9. The smallest absolute Gasteiger partial charge is 0.339 e. The summed E-state index contributed by atoms with van der Waals surface area (Å²) in [5.74, 6) is -5.31. The number of aromatic carboxylic acids is 1. The quantitative estimate of drug-likeness (QED) is 0.546. The van der Waals surface area contributed by atoms with Gasteiger partial charge >= 0.3 is 5.97 Å². The molecule has 0 saturated heterocycles. The van der Waals surface area contributed by atoms with Crippen LogP contribution in [-0.4, -0.2) is 26.8 Å². The Morgan fingerprint density at radius 2 is 2.00 bits per heavy atom. The first-order valence-corrected chi connectivity index (χ1v) is 9.57. The molecule has 1 aromatic carbocycles. The molecular weight excluding hydrogens is 431 g/mol. The monoisotopic (exact) mass is 445 g/mol. The zero-order valence-corrected chi connectivity index (χ0v) is 17.0. The van der Waals surface area contributed by atoms with Crippen molar-refractivity contribution in [2.24, 2.45) is 0 Å². The molecule has 0 aliphatic rings. The van der Waals surface area contributed by atoms with Crippen molar-refractivity contribution in [3.05, 3.63) is 63.8 Å². The number of nitrogens with one attached hydrogen (secondary N) is 1. The molecule has 1 amide bonds. The van der Waals surface area contributed by atoms with E-state index in [1.807, 2.05) is 0 Å². The standard InChI is InChI=1S/C21H14F3N3O3S/c1-4-13(22)15-8-14(26-27(15)5-2)19(28)25-20-16(21(29)30)12(9-31-20)11-7-6-10(3)17(23)18(11)24/h2,4,6-9H,1,3H3,(H,25,28)(H,29,30). The molecule has 0 atom stereocenters. The van der Waals surface area contributed by atoms with E-state index in [-0.39, 0.29) is 33.1 Å². The van der Waals surface area contributed by atoms with Crippen LogP contribution >= 0.6 is 11.3 Å². The number of carboxylic acid groups (broad SMARTS) is 1. The van der Waals surface area contributed by atoms with Crippen LogP contribution < -0.4 is 5.32 Å². The Morgan fingerprint density at radius 1 is 1.29 bits per heavy atom. The maximum absolute atomic E-state index is 14.4. The van der Waals surface area contributed by atoms with E-state index in [0.717, 1.165) is 28.2 Å². The Balaban J connectivity index is 2.02. The molecule has 0 fully saturated rings. The van der Waals surface area contributed by atoms with Gasteiger partial charge in [-0.15, -0.1) is 11.3 Å². The average Bonchev–Trinajstić information content (AvgIpc) is 3.36. The van der Waals surface area contributed by atoms with Gasteiger partial charge in [0.1, 0.15) is 22.1 Å². The van der Waals surface area contributed by atoms with Crippen LogP contribution in [0.25, 0.3) is 17.0 Å². The van der Waals surface area contributed by atoms with Gasteiger partial charge in [-0.2, -0.15) is 9.78 Å². The number of allylic oxidation sites excluding steroid dienone is 1. The SMILES string of the molecule is C#Cn1nc(C(=O)Nc2scc(-c3ccc(C)c(F)c3F)c2C(=O)O)cc1C(F)=CC. The number of rotatable bonds is 5. The van der Waals surface area contributed by atoms with Gasteiger partial charge in [0.05, 0.1) is 0 Å². The first-order chi connectivity index (χ1) is 14.7. The second-order valence-electron chi connectivity index (χ2n) is 6.26. The lowest BCUT2D eigenvalue weighted by molar-refractivity contribution is 0.0699. The number of aromatic nitrogens is 2. The first kappa shape index (κ1) is 21.9. The Morgan fingerprint density at radius 3 is 2.61 bits per heavy atom. The van der Waals surface area contributed by atoms with Gasteiger partial charge < -0.3 is 10.4 Å². The zero-order valence-electron chi connectivity index (χ0n) is 16.2. The molecule has 0 unspecified atom stereocenters. The molecule has 0 saturated carbocycles. The van der Waals surface area contributed by atoms with Crippen LogP contribution in [0.15, 0.2) is 29.7 Å². The van der Waals surface area contributed by atoms with E-state index < -0.39 is 34.9 Å². The zero-order chi connectivity index (χ0) is 22.9. The summed E-state index contributed by atoms with van der Waals surface area (Å²) in [6.07, 6.45) is 6.40. The molecule has 158 valence electrons. The van der Waals surface area contributed by atoms with E-state index in [1.165, 1.54) is 31.4 Å². The number of carboxylic acids is 1. The number of thiophene rings is 1. The van der Waals surface area contributed by atoms with Gasteiger partial charge in [-0.3, -0.25) is 4.79 Å². The lowest BCUT2D eigenvalue weighted by atomic mass is 10.0. The maximum Gasteiger partial charge on any atom is 0.339 e. The lowest BCUT2D eigenvalue weighted by Crippen LogP contribution is -2.14. The molecule has 0 radical (unpaired) electrons. The van der Waals surface area contributed by atoms with E-state index in [2.05, 4.69) is 16.5 Å². The van der Waals surface area contributed by atoms with Crippen LogP contribution in [0, 0.1) is 31.0 Å². The van der Waals surface area contributed by atoms with Crippen molar-refractivity contribution in [1.29, 1.82) is 0 Å². The molecule has 10 heteroatoms. The first-order valence-electron chi connectivity index (χ1n) is 8.69. The van der Waals surface area contributed by atoms with Gasteiger partial charge in [-0.1, -0.05) is 18.6 Å². The van der Waals surface area contributed by atoms with Crippen molar-refractivity contribution >= 4 is 34.0 Å². The minimum Gasteiger partial charge on any atom is -0.478 e. The number of amides is 1. The van der Waals surface area contributed by atoms with Crippen LogP contribution in [-0.2, 0) is 0 Å². The van der Waals surface area contributed by atoms with Crippen LogP contribution in [0.4, 0.5) is 18.2 Å². The van der Waals surface area contributed by atoms with Crippen molar-refractivity contribution < 1.29 is 27.9 Å². The van der Waals surface area contributed by atoms with Crippen molar-refractivity contribution in [3.63, 3.8) is 0 Å². The fraction of sp³-hybridized carbons (Fsp3) is 0.0952. The number of hydrogen-bond donors (Lipinski definition) is 2. The van der Waals surface area contributed by atoms with Gasteiger partial charge in [0.15, 0.2) is 17.3 Å². The number of nitrogens with zero attached hydrogens (tertiary/aromatic N) is 2. The van der Waals surface area contributed by atoms with Gasteiger partial charge in [-0.05, 0) is 25.5 Å². The highest BCUT2D eigenvalue weighted by atomic mass is 32.1. The Bertz CT molecular complexity index is 1290. The second-order valence-corrected chi connectivity index (χ2v) is 7.14. The number of halogens is 3. The minimum absolute atomic E-state index is 0.0649. The van der Waals surface area contributed by atoms with Crippen molar-refractivity contribution in [2.45, 2.75) is 13.8 Å². The summed E-state index contributed by atoms with van der Waals surface area (Å²) in [4.78, 5) is 24.4. The largest absolute Gasteiger partial charge is 0.478 e. The fourth-order valence-corrected chi connectivity index (χ4v) is 3.74. The lowest BCUT2D eigenvalue weighted by Gasteiger charge is -2.07. The van der Waals surface area contributed by atoms with Crippen LogP contribution in [0.1, 0.15) is 39.0 Å². The van der Waals surface area contributed by atoms with Crippen molar-refractivity contribution in [1.82, 2.24) is 9.78 Å². The third-order valence-corrected chi connectivity index (χ3v) is 5.26. The second kappa shape index (κ2) is 8.49. The molecule has 3 aromatic rings.